The lowest BCUT2D eigenvalue weighted by atomic mass is 10.2. The van der Waals surface area contributed by atoms with Gasteiger partial charge in [-0.1, -0.05) is 0 Å². The number of hydrogen-bond donors (Lipinski definition) is 2. The fraction of sp³-hybridized carbons (Fsp3) is 0.294. The summed E-state index contributed by atoms with van der Waals surface area (Å²) in [4.78, 5) is 19.5. The molecule has 9 heteroatoms. The molecule has 0 aromatic carbocycles. The normalized spacial score (nSPS) is 13.7. The van der Waals surface area contributed by atoms with Crippen molar-refractivity contribution in [2.24, 2.45) is 6.26 Å². The van der Waals surface area contributed by atoms with Crippen molar-refractivity contribution in [2.45, 2.75) is 19.1 Å². The number of ether oxygens (including phenoxy) is 1. The van der Waals surface area contributed by atoms with Gasteiger partial charge in [-0.3, -0.25) is 9.78 Å². The van der Waals surface area contributed by atoms with Gasteiger partial charge in [0.1, 0.15) is 28.6 Å². The Morgan fingerprint density at radius 2 is 2.15 bits per heavy atom. The van der Waals surface area contributed by atoms with Crippen LogP contribution in [0.2, 0.25) is 0 Å². The quantitative estimate of drug-likeness (QED) is 0.645. The first-order valence-corrected chi connectivity index (χ1v) is 9.45. The Balaban J connectivity index is 1.63. The highest BCUT2D eigenvalue weighted by molar-refractivity contribution is 7.34. The summed E-state index contributed by atoms with van der Waals surface area (Å²) in [5, 5.41) is 4.90. The van der Waals surface area contributed by atoms with Gasteiger partial charge in [-0.2, -0.15) is 13.2 Å². The number of thiophene rings is 1. The number of rotatable bonds is 5. The Morgan fingerprint density at radius 1 is 1.38 bits per heavy atom. The van der Waals surface area contributed by atoms with Crippen LogP contribution < -0.4 is 10.1 Å². The van der Waals surface area contributed by atoms with E-state index in [1.165, 1.54) is 18.3 Å². The smallest absolute Gasteiger partial charge is 0.422 e. The number of aromatic nitrogens is 2. The molecule has 0 fully saturated rings. The average Bonchev–Trinajstić information content (AvgIpc) is 3.15. The monoisotopic (exact) mass is 384 g/mol. The lowest BCUT2D eigenvalue weighted by Crippen LogP contribution is -2.27. The Morgan fingerprint density at radius 3 is 2.77 bits per heavy atom. The molecule has 3 rings (SSSR count). The van der Waals surface area contributed by atoms with E-state index in [0.29, 0.717) is 11.4 Å². The summed E-state index contributed by atoms with van der Waals surface area (Å²) in [5.41, 5.74) is 1.93. The molecule has 0 saturated carbocycles. The molecule has 3 aromatic heterocycles. The van der Waals surface area contributed by atoms with Crippen LogP contribution in [0.3, 0.4) is 0 Å². The molecule has 0 aliphatic carbocycles. The van der Waals surface area contributed by atoms with Crippen LogP contribution in [0, 0.1) is 0 Å². The summed E-state index contributed by atoms with van der Waals surface area (Å²) in [6.07, 6.45) is -1.11. The topological polar surface area (TPSA) is 67.0 Å². The highest BCUT2D eigenvalue weighted by atomic mass is 32.2. The summed E-state index contributed by atoms with van der Waals surface area (Å²) in [7, 11) is -0.00152. The predicted octanol–water partition coefficient (Wildman–Crippen LogP) is 4.28. The number of aromatic amines is 1. The third kappa shape index (κ3) is 4.16. The zero-order valence-corrected chi connectivity index (χ0v) is 14.9. The first-order chi connectivity index (χ1) is 12.2. The van der Waals surface area contributed by atoms with Gasteiger partial charge in [0.05, 0.1) is 17.9 Å². The molecule has 0 saturated heterocycles. The zero-order chi connectivity index (χ0) is 18.9. The minimum absolute atomic E-state index is 0.00152. The van der Waals surface area contributed by atoms with Gasteiger partial charge < -0.3 is 15.0 Å². The second-order valence-electron chi connectivity index (χ2n) is 5.84. The van der Waals surface area contributed by atoms with Crippen molar-refractivity contribution in [2.75, 3.05) is 6.61 Å². The summed E-state index contributed by atoms with van der Waals surface area (Å²) < 4.78 is 42.1. The molecule has 1 unspecified atom stereocenters. The van der Waals surface area contributed by atoms with Gasteiger partial charge in [0.25, 0.3) is 5.91 Å². The number of amides is 1. The maximum Gasteiger partial charge on any atom is 0.422 e. The highest BCUT2D eigenvalue weighted by Gasteiger charge is 2.28. The molecule has 138 valence electrons. The molecular weight excluding hydrogens is 367 g/mol. The highest BCUT2D eigenvalue weighted by Crippen LogP contribution is 2.29. The second-order valence-corrected chi connectivity index (χ2v) is 7.67. The van der Waals surface area contributed by atoms with Gasteiger partial charge in [-0.15, -0.1) is 0 Å². The fourth-order valence-electron chi connectivity index (χ4n) is 2.45. The van der Waals surface area contributed by atoms with Crippen molar-refractivity contribution in [3.63, 3.8) is 0 Å². The van der Waals surface area contributed by atoms with Gasteiger partial charge in [0.2, 0.25) is 0 Å². The molecule has 0 aliphatic rings. The Labute approximate surface area is 150 Å². The van der Waals surface area contributed by atoms with Crippen LogP contribution in [-0.4, -0.2) is 28.7 Å². The summed E-state index contributed by atoms with van der Waals surface area (Å²) in [6.45, 7) is 0.378. The van der Waals surface area contributed by atoms with Crippen molar-refractivity contribution in [3.8, 4) is 5.75 Å². The van der Waals surface area contributed by atoms with Crippen LogP contribution >= 0.6 is 10.5 Å². The largest absolute Gasteiger partial charge is 0.483 e. The average molecular weight is 384 g/mol. The number of nitrogens with zero attached hydrogens (tertiary/aromatic N) is 1. The minimum atomic E-state index is -4.40. The molecule has 0 bridgehead atoms. The molecule has 2 N–H and O–H groups in total. The first kappa shape index (κ1) is 18.2. The number of halogens is 3. The number of fused-ring (bicyclic) bond motifs is 1. The van der Waals surface area contributed by atoms with Crippen LogP contribution in [0.15, 0.2) is 35.8 Å². The number of nitrogens with one attached hydrogen (secondary N) is 2. The Kier molecular flexibility index (Phi) is 4.90. The summed E-state index contributed by atoms with van der Waals surface area (Å²) in [6, 6.07) is 6.31. The third-order valence-corrected chi connectivity index (χ3v) is 5.37. The van der Waals surface area contributed by atoms with Gasteiger partial charge >= 0.3 is 6.18 Å². The van der Waals surface area contributed by atoms with Gasteiger partial charge in [-0.05, 0) is 29.5 Å². The van der Waals surface area contributed by atoms with E-state index in [0.717, 1.165) is 10.2 Å². The number of aryl methyl sites for hydroxylation is 1. The molecule has 5 nitrogen and oxygen atoms in total. The Bertz CT molecular complexity index is 916. The maximum absolute atomic E-state index is 12.4. The second kappa shape index (κ2) is 6.99. The SMILES string of the molecule is C[C@@H](NC(=O)c1cc2c(cc[s+]2C)[nH]1)c1ccc(OCC(F)(F)F)cn1. The lowest BCUT2D eigenvalue weighted by molar-refractivity contribution is -0.153. The summed E-state index contributed by atoms with van der Waals surface area (Å²) in [5.74, 6) is -0.247. The molecular formula is C17H17F3N3O2S+. The lowest BCUT2D eigenvalue weighted by Gasteiger charge is -2.14. The van der Waals surface area contributed by atoms with E-state index in [-0.39, 0.29) is 22.1 Å². The van der Waals surface area contributed by atoms with Crippen LogP contribution in [-0.2, 0) is 6.26 Å². The van der Waals surface area contributed by atoms with Gasteiger partial charge in [0, 0.05) is 12.1 Å². The third-order valence-electron chi connectivity index (χ3n) is 3.79. The number of alkyl halides is 3. The van der Waals surface area contributed by atoms with E-state index in [1.54, 1.807) is 6.92 Å². The molecule has 0 aliphatic heterocycles. The molecule has 0 spiro atoms. The number of pyridine rings is 1. The predicted molar refractivity (Wildman–Crippen MR) is 93.4 cm³/mol. The number of H-pyrrole nitrogens is 1. The number of carbonyl (C=O) groups excluding carboxylic acids is 1. The maximum atomic E-state index is 12.4. The fourth-order valence-corrected chi connectivity index (χ4v) is 3.71. The Hall–Kier alpha value is -2.55. The van der Waals surface area contributed by atoms with Crippen LogP contribution in [0.1, 0.15) is 29.1 Å². The minimum Gasteiger partial charge on any atom is -0.483 e. The number of carbonyl (C=O) groups is 1. The molecule has 3 heterocycles. The standard InChI is InChI=1S/C17H16F3N3O2S/c1-10(12-4-3-11(8-21-12)25-9-17(18,19)20)22-16(24)14-7-15-13(23-14)5-6-26(15)2/h3-8,10H,9H2,1-2H3,(H-,22,23,24)/p+1/t10-,26?/m1/s1. The van der Waals surface area contributed by atoms with Crippen molar-refractivity contribution in [1.29, 1.82) is 0 Å². The van der Waals surface area contributed by atoms with E-state index in [1.807, 2.05) is 12.1 Å². The van der Waals surface area contributed by atoms with E-state index < -0.39 is 18.8 Å². The van der Waals surface area contributed by atoms with Crippen LogP contribution in [0.25, 0.3) is 10.2 Å². The van der Waals surface area contributed by atoms with Crippen molar-refractivity contribution in [1.82, 2.24) is 15.3 Å². The van der Waals surface area contributed by atoms with E-state index >= 15 is 0 Å². The molecule has 3 aromatic rings. The van der Waals surface area contributed by atoms with Crippen molar-refractivity contribution in [3.05, 3.63) is 47.2 Å². The van der Waals surface area contributed by atoms with Crippen molar-refractivity contribution < 1.29 is 22.7 Å². The molecule has 2 atom stereocenters. The van der Waals surface area contributed by atoms with Crippen LogP contribution in [0.5, 0.6) is 5.75 Å². The summed E-state index contributed by atoms with van der Waals surface area (Å²) >= 11 is 0. The van der Waals surface area contributed by atoms with E-state index in [9.17, 15) is 18.0 Å². The number of hydrogen-bond acceptors (Lipinski definition) is 3. The molecule has 1 amide bonds. The molecule has 26 heavy (non-hydrogen) atoms. The first-order valence-electron chi connectivity index (χ1n) is 7.75. The van der Waals surface area contributed by atoms with Crippen LogP contribution in [0.4, 0.5) is 13.2 Å². The molecule has 0 radical (unpaired) electrons. The van der Waals surface area contributed by atoms with Crippen molar-refractivity contribution >= 4 is 26.6 Å². The zero-order valence-electron chi connectivity index (χ0n) is 14.1. The van der Waals surface area contributed by atoms with Gasteiger partial charge in [-0.25, -0.2) is 0 Å². The van der Waals surface area contributed by atoms with E-state index in [2.05, 4.69) is 31.7 Å². The van der Waals surface area contributed by atoms with Gasteiger partial charge in [0.15, 0.2) is 11.3 Å². The van der Waals surface area contributed by atoms with E-state index in [4.69, 9.17) is 0 Å².